The van der Waals surface area contributed by atoms with Crippen LogP contribution in [0.4, 0.5) is 6.01 Å². The van der Waals surface area contributed by atoms with Gasteiger partial charge in [0.25, 0.3) is 6.01 Å². The predicted molar refractivity (Wildman–Crippen MR) is 81.0 cm³/mol. The van der Waals surface area contributed by atoms with Gasteiger partial charge in [-0.3, -0.25) is 0 Å². The van der Waals surface area contributed by atoms with Gasteiger partial charge < -0.3 is 9.73 Å². The summed E-state index contributed by atoms with van der Waals surface area (Å²) in [5, 5.41) is 3.11. The second kappa shape index (κ2) is 5.49. The van der Waals surface area contributed by atoms with Crippen molar-refractivity contribution in [2.45, 2.75) is 39.7 Å². The molecule has 0 fully saturated rings. The molecule has 0 unspecified atom stereocenters. The molecule has 0 saturated carbocycles. The molecule has 2 aromatic rings. The molecule has 0 amide bonds. The average Bonchev–Trinajstić information content (AvgIpc) is 2.37. The highest BCUT2D eigenvalue weighted by Crippen LogP contribution is 2.22. The van der Waals surface area contributed by atoms with Crippen LogP contribution >= 0.6 is 0 Å². The fourth-order valence-electron chi connectivity index (χ4n) is 1.96. The lowest BCUT2D eigenvalue weighted by Gasteiger charge is -2.20. The second-order valence-electron chi connectivity index (χ2n) is 5.73. The minimum atomic E-state index is -0.326. The SMILES string of the molecule is CCc1c(-c2ccccc2)nc(NC(C)(C)C)oc1=O. The van der Waals surface area contributed by atoms with E-state index in [1.807, 2.05) is 58.0 Å². The summed E-state index contributed by atoms with van der Waals surface area (Å²) in [6, 6.07) is 9.96. The maximum atomic E-state index is 12.1. The van der Waals surface area contributed by atoms with E-state index in [1.165, 1.54) is 0 Å². The zero-order chi connectivity index (χ0) is 14.8. The molecule has 1 N–H and O–H groups in total. The maximum absolute atomic E-state index is 12.1. The van der Waals surface area contributed by atoms with Crippen molar-refractivity contribution in [1.29, 1.82) is 0 Å². The molecule has 1 aromatic carbocycles. The average molecular weight is 272 g/mol. The predicted octanol–water partition coefficient (Wildman–Crippen LogP) is 3.47. The van der Waals surface area contributed by atoms with E-state index < -0.39 is 0 Å². The maximum Gasteiger partial charge on any atom is 0.343 e. The Labute approximate surface area is 118 Å². The largest absolute Gasteiger partial charge is 0.389 e. The van der Waals surface area contributed by atoms with Crippen LogP contribution in [0.3, 0.4) is 0 Å². The Bertz CT molecular complexity index is 640. The Hall–Kier alpha value is -2.10. The van der Waals surface area contributed by atoms with Crippen molar-refractivity contribution >= 4 is 6.01 Å². The number of nitrogens with one attached hydrogen (secondary N) is 1. The highest BCUT2D eigenvalue weighted by molar-refractivity contribution is 5.63. The lowest BCUT2D eigenvalue weighted by Crippen LogP contribution is -2.28. The first-order valence-corrected chi connectivity index (χ1v) is 6.78. The Morgan fingerprint density at radius 3 is 2.40 bits per heavy atom. The van der Waals surface area contributed by atoms with Crippen LogP contribution in [0.5, 0.6) is 0 Å². The molecule has 2 rings (SSSR count). The van der Waals surface area contributed by atoms with Crippen LogP contribution < -0.4 is 10.9 Å². The molecule has 0 spiro atoms. The number of aromatic nitrogens is 1. The molecule has 4 nitrogen and oxygen atoms in total. The number of nitrogens with zero attached hydrogens (tertiary/aromatic N) is 1. The Balaban J connectivity index is 2.57. The van der Waals surface area contributed by atoms with Gasteiger partial charge in [-0.15, -0.1) is 0 Å². The van der Waals surface area contributed by atoms with Crippen molar-refractivity contribution in [3.05, 3.63) is 46.3 Å². The van der Waals surface area contributed by atoms with Crippen molar-refractivity contribution in [2.24, 2.45) is 0 Å². The number of hydrogen-bond acceptors (Lipinski definition) is 4. The Kier molecular flexibility index (Phi) is 3.93. The smallest absolute Gasteiger partial charge is 0.343 e. The summed E-state index contributed by atoms with van der Waals surface area (Å²) in [5.41, 5.74) is 1.68. The molecule has 0 saturated heterocycles. The van der Waals surface area contributed by atoms with Gasteiger partial charge >= 0.3 is 5.63 Å². The molecular formula is C16H20N2O2. The van der Waals surface area contributed by atoms with Gasteiger partial charge in [0.1, 0.15) is 0 Å². The van der Waals surface area contributed by atoms with E-state index in [-0.39, 0.29) is 17.2 Å². The number of anilines is 1. The van der Waals surface area contributed by atoms with Crippen molar-refractivity contribution in [1.82, 2.24) is 4.98 Å². The van der Waals surface area contributed by atoms with E-state index in [4.69, 9.17) is 4.42 Å². The van der Waals surface area contributed by atoms with Gasteiger partial charge in [0.15, 0.2) is 0 Å². The van der Waals surface area contributed by atoms with E-state index in [0.29, 0.717) is 17.7 Å². The van der Waals surface area contributed by atoms with Crippen molar-refractivity contribution in [3.8, 4) is 11.3 Å². The highest BCUT2D eigenvalue weighted by atomic mass is 16.4. The zero-order valence-electron chi connectivity index (χ0n) is 12.4. The normalized spacial score (nSPS) is 11.4. The first kappa shape index (κ1) is 14.3. The molecule has 4 heteroatoms. The molecule has 0 atom stereocenters. The Morgan fingerprint density at radius 2 is 1.85 bits per heavy atom. The first-order valence-electron chi connectivity index (χ1n) is 6.78. The third kappa shape index (κ3) is 3.26. The summed E-state index contributed by atoms with van der Waals surface area (Å²) < 4.78 is 5.26. The van der Waals surface area contributed by atoms with Gasteiger partial charge in [-0.2, -0.15) is 4.98 Å². The van der Waals surface area contributed by atoms with Gasteiger partial charge in [0.2, 0.25) is 0 Å². The van der Waals surface area contributed by atoms with Crippen LogP contribution in [0.2, 0.25) is 0 Å². The molecular weight excluding hydrogens is 252 g/mol. The van der Waals surface area contributed by atoms with E-state index in [1.54, 1.807) is 0 Å². The summed E-state index contributed by atoms with van der Waals surface area (Å²) in [6.45, 7) is 7.90. The number of hydrogen-bond donors (Lipinski definition) is 1. The number of benzene rings is 1. The van der Waals surface area contributed by atoms with Gasteiger partial charge in [0.05, 0.1) is 11.3 Å². The van der Waals surface area contributed by atoms with Crippen LogP contribution in [-0.4, -0.2) is 10.5 Å². The summed E-state index contributed by atoms with van der Waals surface area (Å²) >= 11 is 0. The van der Waals surface area contributed by atoms with Crippen molar-refractivity contribution < 1.29 is 4.42 Å². The summed E-state index contributed by atoms with van der Waals surface area (Å²) in [5.74, 6) is 0. The molecule has 1 heterocycles. The summed E-state index contributed by atoms with van der Waals surface area (Å²) in [4.78, 5) is 16.6. The van der Waals surface area contributed by atoms with E-state index in [0.717, 1.165) is 5.56 Å². The second-order valence-corrected chi connectivity index (χ2v) is 5.73. The van der Waals surface area contributed by atoms with Crippen LogP contribution in [0.1, 0.15) is 33.3 Å². The quantitative estimate of drug-likeness (QED) is 0.929. The van der Waals surface area contributed by atoms with Gasteiger partial charge in [-0.05, 0) is 27.2 Å². The molecule has 20 heavy (non-hydrogen) atoms. The molecule has 0 bridgehead atoms. The topological polar surface area (TPSA) is 55.1 Å². The van der Waals surface area contributed by atoms with E-state index in [2.05, 4.69) is 10.3 Å². The summed E-state index contributed by atoms with van der Waals surface area (Å²) in [6.07, 6.45) is 0.593. The molecule has 0 aliphatic carbocycles. The lowest BCUT2D eigenvalue weighted by atomic mass is 10.1. The fourth-order valence-corrected chi connectivity index (χ4v) is 1.96. The van der Waals surface area contributed by atoms with Gasteiger partial charge in [0, 0.05) is 11.1 Å². The highest BCUT2D eigenvalue weighted by Gasteiger charge is 2.17. The summed E-state index contributed by atoms with van der Waals surface area (Å²) in [7, 11) is 0. The van der Waals surface area contributed by atoms with Crippen LogP contribution in [0, 0.1) is 0 Å². The fraction of sp³-hybridized carbons (Fsp3) is 0.375. The monoisotopic (exact) mass is 272 g/mol. The molecule has 106 valence electrons. The standard InChI is InChI=1S/C16H20N2O2/c1-5-12-13(11-9-7-6-8-10-11)17-15(20-14(12)19)18-16(2,3)4/h6-10H,5H2,1-4H3,(H,17,18). The van der Waals surface area contributed by atoms with Crippen LogP contribution in [0.15, 0.2) is 39.5 Å². The molecule has 0 aliphatic heterocycles. The third-order valence-corrected chi connectivity index (χ3v) is 2.82. The lowest BCUT2D eigenvalue weighted by molar-refractivity contribution is 0.476. The molecule has 0 aliphatic rings. The molecule has 0 radical (unpaired) electrons. The third-order valence-electron chi connectivity index (χ3n) is 2.82. The minimum Gasteiger partial charge on any atom is -0.389 e. The Morgan fingerprint density at radius 1 is 1.20 bits per heavy atom. The minimum absolute atomic E-state index is 0.218. The van der Waals surface area contributed by atoms with E-state index >= 15 is 0 Å². The number of rotatable bonds is 3. The van der Waals surface area contributed by atoms with Gasteiger partial charge in [-0.1, -0.05) is 37.3 Å². The van der Waals surface area contributed by atoms with Gasteiger partial charge in [-0.25, -0.2) is 4.79 Å². The zero-order valence-corrected chi connectivity index (χ0v) is 12.4. The molecule has 1 aromatic heterocycles. The van der Waals surface area contributed by atoms with Crippen molar-refractivity contribution in [3.63, 3.8) is 0 Å². The first-order chi connectivity index (χ1) is 9.40. The van der Waals surface area contributed by atoms with Crippen molar-refractivity contribution in [2.75, 3.05) is 5.32 Å². The van der Waals surface area contributed by atoms with Crippen LogP contribution in [-0.2, 0) is 6.42 Å². The van der Waals surface area contributed by atoms with Crippen LogP contribution in [0.25, 0.3) is 11.3 Å². The van der Waals surface area contributed by atoms with E-state index in [9.17, 15) is 4.79 Å².